The molecule has 1 amide bonds. The maximum atomic E-state index is 12.4. The van der Waals surface area contributed by atoms with Crippen LogP contribution in [0.3, 0.4) is 0 Å². The van der Waals surface area contributed by atoms with Crippen LogP contribution < -0.4 is 10.6 Å². The van der Waals surface area contributed by atoms with Gasteiger partial charge in [0, 0.05) is 22.7 Å². The molecule has 0 bridgehead atoms. The number of halogens is 1. The van der Waals surface area contributed by atoms with Gasteiger partial charge in [0.05, 0.1) is 6.04 Å². The number of unbranched alkanes of at least 4 members (excludes halogenated alkanes) is 1. The minimum absolute atomic E-state index is 0.0574. The lowest BCUT2D eigenvalue weighted by Gasteiger charge is -2.29. The summed E-state index contributed by atoms with van der Waals surface area (Å²) < 4.78 is 5.21. The summed E-state index contributed by atoms with van der Waals surface area (Å²) in [6.07, 6.45) is 1.49. The maximum absolute atomic E-state index is 12.4. The summed E-state index contributed by atoms with van der Waals surface area (Å²) >= 11 is 5.93. The van der Waals surface area contributed by atoms with Crippen LogP contribution in [0, 0.1) is 0 Å². The molecule has 0 spiro atoms. The van der Waals surface area contributed by atoms with Crippen LogP contribution in [0.5, 0.6) is 0 Å². The van der Waals surface area contributed by atoms with Gasteiger partial charge in [-0.3, -0.25) is 10.1 Å². The predicted molar refractivity (Wildman–Crippen MR) is 96.7 cm³/mol. The van der Waals surface area contributed by atoms with Crippen LogP contribution in [0.15, 0.2) is 24.3 Å². The number of rotatable bonds is 9. The van der Waals surface area contributed by atoms with Crippen molar-refractivity contribution in [2.45, 2.75) is 52.1 Å². The molecule has 0 saturated heterocycles. The molecule has 2 N–H and O–H groups in total. The molecule has 0 aliphatic heterocycles. The van der Waals surface area contributed by atoms with E-state index in [1.807, 2.05) is 13.8 Å². The van der Waals surface area contributed by atoms with Gasteiger partial charge in [-0.2, -0.15) is 0 Å². The SMILES string of the molecule is CCCCNC(=O)OCC(C)(C)NC(C)C(=O)c1cccc(Cl)c1. The lowest BCUT2D eigenvalue weighted by atomic mass is 10.0. The normalized spacial score (nSPS) is 12.5. The van der Waals surface area contributed by atoms with Gasteiger partial charge in [0.25, 0.3) is 0 Å². The smallest absolute Gasteiger partial charge is 0.407 e. The van der Waals surface area contributed by atoms with E-state index < -0.39 is 17.7 Å². The molecule has 1 rings (SSSR count). The van der Waals surface area contributed by atoms with Crippen LogP contribution >= 0.6 is 11.6 Å². The van der Waals surface area contributed by atoms with Gasteiger partial charge in [0.15, 0.2) is 5.78 Å². The highest BCUT2D eigenvalue weighted by molar-refractivity contribution is 6.31. The van der Waals surface area contributed by atoms with Crippen molar-refractivity contribution in [3.05, 3.63) is 34.9 Å². The first-order valence-corrected chi connectivity index (χ1v) is 8.61. The quantitative estimate of drug-likeness (QED) is 0.522. The molecular formula is C18H27ClN2O3. The van der Waals surface area contributed by atoms with Crippen LogP contribution in [-0.2, 0) is 4.74 Å². The Morgan fingerprint density at radius 2 is 2.04 bits per heavy atom. The molecular weight excluding hydrogens is 328 g/mol. The lowest BCUT2D eigenvalue weighted by molar-refractivity contribution is 0.0877. The summed E-state index contributed by atoms with van der Waals surface area (Å²) in [6.45, 7) is 8.37. The van der Waals surface area contributed by atoms with Crippen LogP contribution in [0.4, 0.5) is 4.79 Å². The fourth-order valence-electron chi connectivity index (χ4n) is 2.25. The number of amides is 1. The lowest BCUT2D eigenvalue weighted by Crippen LogP contribution is -2.51. The second-order valence-corrected chi connectivity index (χ2v) is 6.92. The van der Waals surface area contributed by atoms with Crippen molar-refractivity contribution in [1.29, 1.82) is 0 Å². The van der Waals surface area contributed by atoms with E-state index in [1.165, 1.54) is 0 Å². The molecule has 1 aromatic carbocycles. The molecule has 1 aromatic rings. The third kappa shape index (κ3) is 7.32. The van der Waals surface area contributed by atoms with Crippen molar-refractivity contribution in [3.63, 3.8) is 0 Å². The predicted octanol–water partition coefficient (Wildman–Crippen LogP) is 3.81. The van der Waals surface area contributed by atoms with Crippen molar-refractivity contribution in [3.8, 4) is 0 Å². The number of hydrogen-bond donors (Lipinski definition) is 2. The van der Waals surface area contributed by atoms with Gasteiger partial charge in [-0.15, -0.1) is 0 Å². The summed E-state index contributed by atoms with van der Waals surface area (Å²) in [4.78, 5) is 24.0. The number of carbonyl (C=O) groups excluding carboxylic acids is 2. The molecule has 1 unspecified atom stereocenters. The van der Waals surface area contributed by atoms with Gasteiger partial charge >= 0.3 is 6.09 Å². The molecule has 0 aliphatic carbocycles. The number of alkyl carbamates (subject to hydrolysis) is 1. The zero-order chi connectivity index (χ0) is 18.2. The highest BCUT2D eigenvalue weighted by atomic mass is 35.5. The average Bonchev–Trinajstić information content (AvgIpc) is 2.52. The van der Waals surface area contributed by atoms with Gasteiger partial charge in [-0.05, 0) is 39.3 Å². The van der Waals surface area contributed by atoms with E-state index in [0.29, 0.717) is 17.1 Å². The Hall–Kier alpha value is -1.59. The third-order valence-electron chi connectivity index (χ3n) is 3.47. The van der Waals surface area contributed by atoms with E-state index in [4.69, 9.17) is 16.3 Å². The highest BCUT2D eigenvalue weighted by Crippen LogP contribution is 2.14. The minimum Gasteiger partial charge on any atom is -0.448 e. The summed E-state index contributed by atoms with van der Waals surface area (Å²) in [6, 6.07) is 6.43. The zero-order valence-corrected chi connectivity index (χ0v) is 15.6. The van der Waals surface area contributed by atoms with E-state index in [-0.39, 0.29) is 12.4 Å². The van der Waals surface area contributed by atoms with Gasteiger partial charge in [0.1, 0.15) is 6.61 Å². The van der Waals surface area contributed by atoms with Crippen molar-refractivity contribution < 1.29 is 14.3 Å². The van der Waals surface area contributed by atoms with Crippen LogP contribution in [0.2, 0.25) is 5.02 Å². The molecule has 6 heteroatoms. The average molecular weight is 355 g/mol. The molecule has 0 saturated carbocycles. The second-order valence-electron chi connectivity index (χ2n) is 6.48. The number of nitrogens with one attached hydrogen (secondary N) is 2. The second kappa shape index (κ2) is 9.64. The Morgan fingerprint density at radius 1 is 1.33 bits per heavy atom. The third-order valence-corrected chi connectivity index (χ3v) is 3.71. The topological polar surface area (TPSA) is 67.4 Å². The standard InChI is InChI=1S/C18H27ClN2O3/c1-5-6-10-20-17(23)24-12-18(3,4)21-13(2)16(22)14-8-7-9-15(19)11-14/h7-9,11,13,21H,5-6,10,12H2,1-4H3,(H,20,23). The van der Waals surface area contributed by atoms with E-state index in [2.05, 4.69) is 17.6 Å². The number of hydrogen-bond acceptors (Lipinski definition) is 4. The first-order chi connectivity index (χ1) is 11.2. The fourth-order valence-corrected chi connectivity index (χ4v) is 2.44. The van der Waals surface area contributed by atoms with Gasteiger partial charge < -0.3 is 10.1 Å². The largest absolute Gasteiger partial charge is 0.448 e. The molecule has 1 atom stereocenters. The number of carbonyl (C=O) groups is 2. The first-order valence-electron chi connectivity index (χ1n) is 8.23. The van der Waals surface area contributed by atoms with E-state index in [1.54, 1.807) is 31.2 Å². The number of ether oxygens (including phenoxy) is 1. The van der Waals surface area contributed by atoms with Gasteiger partial charge in [-0.25, -0.2) is 4.79 Å². The van der Waals surface area contributed by atoms with Gasteiger partial charge in [-0.1, -0.05) is 37.1 Å². The Bertz CT molecular complexity index is 561. The zero-order valence-electron chi connectivity index (χ0n) is 14.8. The monoisotopic (exact) mass is 354 g/mol. The number of benzene rings is 1. The number of Topliss-reactive ketones (excluding diaryl/α,β-unsaturated/α-hetero) is 1. The summed E-state index contributed by atoms with van der Waals surface area (Å²) in [5.41, 5.74) is 0.0203. The molecule has 134 valence electrons. The van der Waals surface area contributed by atoms with Crippen molar-refractivity contribution in [2.75, 3.05) is 13.2 Å². The van der Waals surface area contributed by atoms with E-state index >= 15 is 0 Å². The van der Waals surface area contributed by atoms with Crippen molar-refractivity contribution in [2.24, 2.45) is 0 Å². The Balaban J connectivity index is 2.50. The van der Waals surface area contributed by atoms with Crippen molar-refractivity contribution in [1.82, 2.24) is 10.6 Å². The summed E-state index contributed by atoms with van der Waals surface area (Å²) in [5.74, 6) is -0.0574. The highest BCUT2D eigenvalue weighted by Gasteiger charge is 2.26. The molecule has 24 heavy (non-hydrogen) atoms. The van der Waals surface area contributed by atoms with E-state index in [9.17, 15) is 9.59 Å². The Kier molecular flexibility index (Phi) is 8.22. The Labute approximate surface area is 149 Å². The fraction of sp³-hybridized carbons (Fsp3) is 0.556. The Morgan fingerprint density at radius 3 is 2.67 bits per heavy atom. The molecule has 0 fully saturated rings. The van der Waals surface area contributed by atoms with Crippen molar-refractivity contribution >= 4 is 23.5 Å². The maximum Gasteiger partial charge on any atom is 0.407 e. The van der Waals surface area contributed by atoms with E-state index in [0.717, 1.165) is 12.8 Å². The summed E-state index contributed by atoms with van der Waals surface area (Å²) in [5, 5.41) is 6.42. The molecule has 0 heterocycles. The van der Waals surface area contributed by atoms with Gasteiger partial charge in [0.2, 0.25) is 0 Å². The van der Waals surface area contributed by atoms with Crippen LogP contribution in [-0.4, -0.2) is 36.6 Å². The number of ketones is 1. The van der Waals surface area contributed by atoms with Crippen LogP contribution in [0.1, 0.15) is 50.9 Å². The minimum atomic E-state index is -0.532. The molecule has 0 radical (unpaired) electrons. The first kappa shape index (κ1) is 20.5. The molecule has 0 aliphatic rings. The summed E-state index contributed by atoms with van der Waals surface area (Å²) in [7, 11) is 0. The molecule has 5 nitrogen and oxygen atoms in total. The van der Waals surface area contributed by atoms with Crippen LogP contribution in [0.25, 0.3) is 0 Å². The molecule has 0 aromatic heterocycles.